The lowest BCUT2D eigenvalue weighted by molar-refractivity contribution is -0.149. The number of hydrogen-bond donors (Lipinski definition) is 1. The second kappa shape index (κ2) is 12.4. The monoisotopic (exact) mass is 477 g/mol. The Kier molecular flexibility index (Phi) is 9.97. The topological polar surface area (TPSA) is 92.3 Å². The Labute approximate surface area is 195 Å². The Balaban J connectivity index is 2.10. The van der Waals surface area contributed by atoms with Crippen molar-refractivity contribution in [2.24, 2.45) is 0 Å². The lowest BCUT2D eigenvalue weighted by Crippen LogP contribution is -2.36. The molecule has 8 nitrogen and oxygen atoms in total. The molecule has 180 valence electrons. The maximum atomic E-state index is 13.2. The maximum absolute atomic E-state index is 13.2. The van der Waals surface area contributed by atoms with Gasteiger partial charge in [-0.25, -0.2) is 5.09 Å². The minimum Gasteiger partial charge on any atom is -0.497 e. The van der Waals surface area contributed by atoms with Gasteiger partial charge in [-0.05, 0) is 56.2 Å². The van der Waals surface area contributed by atoms with Gasteiger partial charge >= 0.3 is 13.5 Å². The molecular formula is C24H32NO7P. The van der Waals surface area contributed by atoms with Crippen LogP contribution in [0.3, 0.4) is 0 Å². The third-order valence-corrected chi connectivity index (χ3v) is 6.25. The molecule has 0 spiro atoms. The van der Waals surface area contributed by atoms with Gasteiger partial charge in [0.2, 0.25) is 0 Å². The SMILES string of the molecule is COCP(=O)(NC(C)C(=O)OC(C)C)Oc1ccc(/C=C/c2cc(OC)cc(OC)c2)cc1. The first-order chi connectivity index (χ1) is 15.7. The van der Waals surface area contributed by atoms with Gasteiger partial charge in [0.25, 0.3) is 0 Å². The molecule has 0 heterocycles. The van der Waals surface area contributed by atoms with Gasteiger partial charge in [-0.15, -0.1) is 0 Å². The number of ether oxygens (including phenoxy) is 4. The van der Waals surface area contributed by atoms with Crippen LogP contribution in [-0.4, -0.2) is 45.8 Å². The molecule has 33 heavy (non-hydrogen) atoms. The quantitative estimate of drug-likeness (QED) is 0.260. The fourth-order valence-electron chi connectivity index (χ4n) is 2.87. The Morgan fingerprint density at radius 2 is 1.48 bits per heavy atom. The van der Waals surface area contributed by atoms with Gasteiger partial charge in [-0.1, -0.05) is 24.3 Å². The van der Waals surface area contributed by atoms with Crippen LogP contribution in [0, 0.1) is 0 Å². The van der Waals surface area contributed by atoms with Gasteiger partial charge in [0.05, 0.1) is 20.3 Å². The molecule has 2 unspecified atom stereocenters. The minimum atomic E-state index is -3.51. The normalized spacial score (nSPS) is 14.0. The number of esters is 1. The molecule has 2 atom stereocenters. The fraction of sp³-hybridized carbons (Fsp3) is 0.375. The number of methoxy groups -OCH3 is 3. The van der Waals surface area contributed by atoms with Crippen molar-refractivity contribution in [1.29, 1.82) is 0 Å². The van der Waals surface area contributed by atoms with Crippen LogP contribution in [0.5, 0.6) is 17.2 Å². The zero-order chi connectivity index (χ0) is 24.4. The highest BCUT2D eigenvalue weighted by Crippen LogP contribution is 2.43. The van der Waals surface area contributed by atoms with E-state index in [9.17, 15) is 9.36 Å². The predicted molar refractivity (Wildman–Crippen MR) is 129 cm³/mol. The van der Waals surface area contributed by atoms with Gasteiger partial charge in [0.1, 0.15) is 29.6 Å². The third-order valence-electron chi connectivity index (χ3n) is 4.37. The summed E-state index contributed by atoms with van der Waals surface area (Å²) in [6.45, 7) is 5.06. The van der Waals surface area contributed by atoms with Gasteiger partial charge in [0, 0.05) is 13.2 Å². The molecule has 1 N–H and O–H groups in total. The van der Waals surface area contributed by atoms with Crippen LogP contribution in [0.2, 0.25) is 0 Å². The number of hydrogen-bond acceptors (Lipinski definition) is 7. The van der Waals surface area contributed by atoms with Crippen LogP contribution in [0.15, 0.2) is 42.5 Å². The highest BCUT2D eigenvalue weighted by atomic mass is 31.2. The molecule has 0 saturated carbocycles. The summed E-state index contributed by atoms with van der Waals surface area (Å²) >= 11 is 0. The summed E-state index contributed by atoms with van der Waals surface area (Å²) in [5.74, 6) is 1.27. The van der Waals surface area contributed by atoms with E-state index in [1.165, 1.54) is 7.11 Å². The van der Waals surface area contributed by atoms with Gasteiger partial charge in [-0.3, -0.25) is 9.36 Å². The summed E-state index contributed by atoms with van der Waals surface area (Å²) in [6, 6.07) is 11.8. The Morgan fingerprint density at radius 1 is 0.909 bits per heavy atom. The van der Waals surface area contributed by atoms with E-state index in [4.69, 9.17) is 23.5 Å². The average Bonchev–Trinajstić information content (AvgIpc) is 2.77. The molecule has 0 aliphatic heterocycles. The van der Waals surface area contributed by atoms with E-state index in [1.54, 1.807) is 53.2 Å². The van der Waals surface area contributed by atoms with E-state index < -0.39 is 19.5 Å². The summed E-state index contributed by atoms with van der Waals surface area (Å²) in [5.41, 5.74) is 1.83. The van der Waals surface area contributed by atoms with Gasteiger partial charge in [0.15, 0.2) is 0 Å². The third kappa shape index (κ3) is 8.57. The lowest BCUT2D eigenvalue weighted by Gasteiger charge is -2.23. The molecule has 0 aliphatic carbocycles. The second-order valence-electron chi connectivity index (χ2n) is 7.57. The van der Waals surface area contributed by atoms with Crippen LogP contribution >= 0.6 is 7.52 Å². The van der Waals surface area contributed by atoms with Crippen LogP contribution < -0.4 is 19.1 Å². The maximum Gasteiger partial charge on any atom is 0.342 e. The number of carbonyl (C=O) groups excluding carboxylic acids is 1. The summed E-state index contributed by atoms with van der Waals surface area (Å²) in [5, 5.41) is 2.73. The van der Waals surface area contributed by atoms with Crippen LogP contribution in [0.1, 0.15) is 31.9 Å². The number of nitrogens with one attached hydrogen (secondary N) is 1. The first-order valence-electron chi connectivity index (χ1n) is 10.4. The Morgan fingerprint density at radius 3 is 2.00 bits per heavy atom. The molecule has 2 rings (SSSR count). The largest absolute Gasteiger partial charge is 0.497 e. The molecule has 0 aromatic heterocycles. The molecule has 0 fully saturated rings. The molecule has 9 heteroatoms. The van der Waals surface area contributed by atoms with E-state index in [0.717, 1.165) is 11.1 Å². The smallest absolute Gasteiger partial charge is 0.342 e. The van der Waals surface area contributed by atoms with E-state index in [0.29, 0.717) is 17.2 Å². The number of benzene rings is 2. The summed E-state index contributed by atoms with van der Waals surface area (Å²) < 4.78 is 39.7. The van der Waals surface area contributed by atoms with E-state index in [-0.39, 0.29) is 12.5 Å². The molecule has 0 amide bonds. The van der Waals surface area contributed by atoms with Crippen molar-refractivity contribution < 1.29 is 32.8 Å². The van der Waals surface area contributed by atoms with Crippen molar-refractivity contribution >= 4 is 25.6 Å². The molecule has 2 aromatic carbocycles. The van der Waals surface area contributed by atoms with Crippen molar-refractivity contribution in [2.75, 3.05) is 27.7 Å². The first-order valence-corrected chi connectivity index (χ1v) is 12.3. The fourth-order valence-corrected chi connectivity index (χ4v) is 4.55. The predicted octanol–water partition coefficient (Wildman–Crippen LogP) is 4.98. The number of carbonyl (C=O) groups is 1. The molecule has 0 bridgehead atoms. The molecular weight excluding hydrogens is 445 g/mol. The van der Waals surface area contributed by atoms with E-state index in [1.807, 2.05) is 36.4 Å². The Bertz CT molecular complexity index is 967. The zero-order valence-corrected chi connectivity index (χ0v) is 20.8. The van der Waals surface area contributed by atoms with Crippen molar-refractivity contribution in [1.82, 2.24) is 5.09 Å². The van der Waals surface area contributed by atoms with E-state index >= 15 is 0 Å². The Hall–Kier alpha value is -2.80. The van der Waals surface area contributed by atoms with E-state index in [2.05, 4.69) is 5.09 Å². The van der Waals surface area contributed by atoms with Gasteiger partial charge in [-0.2, -0.15) is 0 Å². The highest BCUT2D eigenvalue weighted by Gasteiger charge is 2.30. The second-order valence-corrected chi connectivity index (χ2v) is 9.61. The van der Waals surface area contributed by atoms with Crippen LogP contribution in [0.25, 0.3) is 12.2 Å². The molecule has 2 aromatic rings. The lowest BCUT2D eigenvalue weighted by atomic mass is 10.1. The average molecular weight is 477 g/mol. The van der Waals surface area contributed by atoms with Crippen LogP contribution in [0.4, 0.5) is 0 Å². The van der Waals surface area contributed by atoms with Crippen molar-refractivity contribution in [2.45, 2.75) is 32.9 Å². The molecule has 0 aliphatic rings. The van der Waals surface area contributed by atoms with Crippen LogP contribution in [-0.2, 0) is 18.8 Å². The summed E-state index contributed by atoms with van der Waals surface area (Å²) in [6.07, 6.45) is 3.38. The standard InChI is InChI=1S/C24H32NO7P/c1-17(2)31-24(26)18(3)25-33(27,16-28-4)32-21-11-9-19(10-12-21)7-8-20-13-22(29-5)15-23(14-20)30-6/h7-15,17-18H,16H2,1-6H3,(H,25,27)/b8-7+. The summed E-state index contributed by atoms with van der Waals surface area (Å²) in [7, 11) is 1.11. The molecule has 0 saturated heterocycles. The minimum absolute atomic E-state index is 0.203. The van der Waals surface area contributed by atoms with Crippen molar-refractivity contribution in [3.05, 3.63) is 53.6 Å². The first kappa shape index (κ1) is 26.5. The van der Waals surface area contributed by atoms with Gasteiger partial charge < -0.3 is 23.5 Å². The highest BCUT2D eigenvalue weighted by molar-refractivity contribution is 7.57. The van der Waals surface area contributed by atoms with Crippen molar-refractivity contribution in [3.8, 4) is 17.2 Å². The van der Waals surface area contributed by atoms with Crippen molar-refractivity contribution in [3.63, 3.8) is 0 Å². The zero-order valence-electron chi connectivity index (χ0n) is 19.9. The summed E-state index contributed by atoms with van der Waals surface area (Å²) in [4.78, 5) is 12.1. The molecule has 0 radical (unpaired) electrons. The number of rotatable bonds is 12.